The van der Waals surface area contributed by atoms with Gasteiger partial charge in [0.2, 0.25) is 5.60 Å². The van der Waals surface area contributed by atoms with E-state index in [1.807, 2.05) is 17.8 Å². The Labute approximate surface area is 231 Å². The number of hydrazine groups is 1. The zero-order chi connectivity index (χ0) is 30.1. The molecular weight excluding hydrogens is 533 g/mol. The highest BCUT2D eigenvalue weighted by Crippen LogP contribution is 2.39. The summed E-state index contributed by atoms with van der Waals surface area (Å²) in [5.41, 5.74) is -0.00571. The summed E-state index contributed by atoms with van der Waals surface area (Å²) in [6, 6.07) is 8.19. The highest BCUT2D eigenvalue weighted by molar-refractivity contribution is 6.74. The van der Waals surface area contributed by atoms with Gasteiger partial charge in [0.25, 0.3) is 5.91 Å². The van der Waals surface area contributed by atoms with Gasteiger partial charge in [0.1, 0.15) is 5.60 Å². The van der Waals surface area contributed by atoms with Gasteiger partial charge in [-0.15, -0.1) is 0 Å². The molecule has 0 aliphatic carbocycles. The van der Waals surface area contributed by atoms with Crippen LogP contribution >= 0.6 is 0 Å². The average Bonchev–Trinajstić information content (AvgIpc) is 2.77. The third-order valence-corrected chi connectivity index (χ3v) is 10.9. The maximum atomic E-state index is 14.5. The predicted molar refractivity (Wildman–Crippen MR) is 145 cm³/mol. The summed E-state index contributed by atoms with van der Waals surface area (Å²) < 4.78 is 65.5. The first-order valence-corrected chi connectivity index (χ1v) is 15.9. The number of halogens is 3. The van der Waals surface area contributed by atoms with Crippen LogP contribution in [0.25, 0.3) is 0 Å². The van der Waals surface area contributed by atoms with Gasteiger partial charge in [0.05, 0.1) is 19.3 Å². The van der Waals surface area contributed by atoms with E-state index in [4.69, 9.17) is 18.6 Å². The smallest absolute Gasteiger partial charge is 0.426 e. The number of carbonyl (C=O) groups is 2. The van der Waals surface area contributed by atoms with Crippen molar-refractivity contribution in [2.45, 2.75) is 110 Å². The van der Waals surface area contributed by atoms with Crippen molar-refractivity contribution in [2.24, 2.45) is 0 Å². The van der Waals surface area contributed by atoms with Crippen molar-refractivity contribution in [3.8, 4) is 0 Å². The van der Waals surface area contributed by atoms with Gasteiger partial charge in [-0.2, -0.15) is 13.2 Å². The number of alkyl halides is 3. The second kappa shape index (κ2) is 14.0. The number of rotatable bonds is 12. The first-order valence-electron chi connectivity index (χ1n) is 13.0. The van der Waals surface area contributed by atoms with Gasteiger partial charge in [-0.05, 0) is 64.2 Å². The molecule has 0 heterocycles. The Morgan fingerprint density at radius 3 is 2.08 bits per heavy atom. The minimum atomic E-state index is -5.10. The van der Waals surface area contributed by atoms with Crippen molar-refractivity contribution < 1.29 is 41.4 Å². The Hall–Kier alpha value is -2.15. The molecule has 0 aromatic heterocycles. The molecule has 1 aromatic rings. The molecule has 2 N–H and O–H groups in total. The highest BCUT2D eigenvalue weighted by Gasteiger charge is 2.61. The summed E-state index contributed by atoms with van der Waals surface area (Å²) in [7, 11) is -2.03. The first kappa shape index (κ1) is 34.9. The van der Waals surface area contributed by atoms with E-state index in [0.717, 1.165) is 0 Å². The summed E-state index contributed by atoms with van der Waals surface area (Å²) >= 11 is 0. The molecular formula is C27H45F3N2O6Si. The molecule has 8 nitrogen and oxygen atoms in total. The minimum Gasteiger partial charge on any atom is -0.443 e. The number of hydrogen-bond donors (Lipinski definition) is 2. The van der Waals surface area contributed by atoms with Crippen LogP contribution in [0.3, 0.4) is 0 Å². The standard InChI is InChI=1S/C27H45F3N2O6Si/c1-20(38-39(8,9)25(5,6)7)18-35-17-13-16-26(27(28,29)30,36-19-21-14-11-10-12-15-21)22(33)31-32-23(34)37-24(2,3)4/h10-12,14-15,20H,13,16-19H2,1-9H3,(H,31,33)(H,32,34)/t20-,26?/m0/s1. The summed E-state index contributed by atoms with van der Waals surface area (Å²) in [6.45, 7) is 16.8. The zero-order valence-electron chi connectivity index (χ0n) is 24.6. The molecule has 0 radical (unpaired) electrons. The Kier molecular flexibility index (Phi) is 12.5. The maximum absolute atomic E-state index is 14.5. The summed E-state index contributed by atoms with van der Waals surface area (Å²) in [4.78, 5) is 24.9. The van der Waals surface area contributed by atoms with E-state index in [1.54, 1.807) is 51.1 Å². The molecule has 1 unspecified atom stereocenters. The van der Waals surface area contributed by atoms with Crippen molar-refractivity contribution in [2.75, 3.05) is 13.2 Å². The van der Waals surface area contributed by atoms with Crippen LogP contribution in [0.5, 0.6) is 0 Å². The fourth-order valence-corrected chi connectivity index (χ4v) is 4.71. The molecule has 2 amide bonds. The molecule has 2 atom stereocenters. The summed E-state index contributed by atoms with van der Waals surface area (Å²) in [6.07, 6.45) is -7.31. The van der Waals surface area contributed by atoms with E-state index in [0.29, 0.717) is 5.56 Å². The molecule has 39 heavy (non-hydrogen) atoms. The minimum absolute atomic E-state index is 0.00433. The lowest BCUT2D eigenvalue weighted by Crippen LogP contribution is -2.62. The van der Waals surface area contributed by atoms with Crippen molar-refractivity contribution in [1.29, 1.82) is 0 Å². The zero-order valence-corrected chi connectivity index (χ0v) is 25.6. The first-order chi connectivity index (χ1) is 17.7. The van der Waals surface area contributed by atoms with Crippen LogP contribution in [-0.2, 0) is 30.0 Å². The Bertz CT molecular complexity index is 917. The van der Waals surface area contributed by atoms with Crippen LogP contribution in [0.1, 0.15) is 66.9 Å². The molecule has 12 heteroatoms. The van der Waals surface area contributed by atoms with E-state index < -0.39 is 50.7 Å². The Balaban J connectivity index is 2.93. The molecule has 224 valence electrons. The quantitative estimate of drug-likeness (QED) is 0.173. The van der Waals surface area contributed by atoms with Crippen LogP contribution in [0.2, 0.25) is 18.1 Å². The molecule has 0 aliphatic heterocycles. The van der Waals surface area contributed by atoms with Gasteiger partial charge in [0.15, 0.2) is 8.32 Å². The van der Waals surface area contributed by atoms with E-state index in [2.05, 4.69) is 33.9 Å². The van der Waals surface area contributed by atoms with Gasteiger partial charge < -0.3 is 18.6 Å². The van der Waals surface area contributed by atoms with Crippen LogP contribution in [0.4, 0.5) is 18.0 Å². The third-order valence-electron chi connectivity index (χ3n) is 6.30. The number of carbonyl (C=O) groups excluding carboxylic acids is 2. The van der Waals surface area contributed by atoms with E-state index in [-0.39, 0.29) is 30.8 Å². The van der Waals surface area contributed by atoms with Crippen LogP contribution in [0.15, 0.2) is 30.3 Å². The Morgan fingerprint density at radius 1 is 0.974 bits per heavy atom. The number of amides is 2. The lowest BCUT2D eigenvalue weighted by atomic mass is 9.95. The van der Waals surface area contributed by atoms with Gasteiger partial charge >= 0.3 is 12.3 Å². The monoisotopic (exact) mass is 578 g/mol. The number of ether oxygens (including phenoxy) is 3. The second-order valence-corrected chi connectivity index (χ2v) is 16.8. The van der Waals surface area contributed by atoms with Gasteiger partial charge in [0, 0.05) is 6.61 Å². The summed E-state index contributed by atoms with van der Waals surface area (Å²) in [5, 5.41) is 0.00433. The molecule has 1 rings (SSSR count). The van der Waals surface area contributed by atoms with Crippen molar-refractivity contribution >= 4 is 20.3 Å². The normalized spacial score (nSPS) is 15.3. The Morgan fingerprint density at radius 2 is 1.56 bits per heavy atom. The SMILES string of the molecule is C[C@@H](COCCCC(OCc1ccccc1)(C(=O)NNC(=O)OC(C)(C)C)C(F)(F)F)O[Si](C)(C)C(C)(C)C. The van der Waals surface area contributed by atoms with Crippen LogP contribution in [-0.4, -0.2) is 57.0 Å². The maximum Gasteiger partial charge on any atom is 0.426 e. The highest BCUT2D eigenvalue weighted by atomic mass is 28.4. The molecule has 0 spiro atoms. The number of nitrogens with one attached hydrogen (secondary N) is 2. The van der Waals surface area contributed by atoms with Crippen molar-refractivity contribution in [3.05, 3.63) is 35.9 Å². The number of benzene rings is 1. The van der Waals surface area contributed by atoms with E-state index >= 15 is 0 Å². The van der Waals surface area contributed by atoms with Gasteiger partial charge in [-0.25, -0.2) is 10.2 Å². The topological polar surface area (TPSA) is 95.1 Å². The van der Waals surface area contributed by atoms with Crippen molar-refractivity contribution in [1.82, 2.24) is 10.9 Å². The van der Waals surface area contributed by atoms with Gasteiger partial charge in [-0.3, -0.25) is 10.2 Å². The lowest BCUT2D eigenvalue weighted by Gasteiger charge is -2.38. The molecule has 0 aliphatic rings. The van der Waals surface area contributed by atoms with E-state index in [9.17, 15) is 22.8 Å². The fourth-order valence-electron chi connectivity index (χ4n) is 3.28. The van der Waals surface area contributed by atoms with Crippen LogP contribution in [0, 0.1) is 0 Å². The molecule has 0 fully saturated rings. The lowest BCUT2D eigenvalue weighted by molar-refractivity contribution is -0.274. The van der Waals surface area contributed by atoms with Crippen molar-refractivity contribution in [3.63, 3.8) is 0 Å². The molecule has 0 bridgehead atoms. The predicted octanol–water partition coefficient (Wildman–Crippen LogP) is 6.27. The average molecular weight is 579 g/mol. The largest absolute Gasteiger partial charge is 0.443 e. The molecule has 0 saturated heterocycles. The summed E-state index contributed by atoms with van der Waals surface area (Å²) in [5.74, 6) is -1.56. The third kappa shape index (κ3) is 11.5. The fraction of sp³-hybridized carbons (Fsp3) is 0.704. The molecule has 1 aromatic carbocycles. The molecule has 0 saturated carbocycles. The second-order valence-electron chi connectivity index (χ2n) is 12.0. The van der Waals surface area contributed by atoms with E-state index in [1.165, 1.54) is 0 Å². The van der Waals surface area contributed by atoms with Crippen LogP contribution < -0.4 is 10.9 Å². The van der Waals surface area contributed by atoms with Gasteiger partial charge in [-0.1, -0.05) is 51.1 Å². The number of hydrogen-bond acceptors (Lipinski definition) is 6.